The van der Waals surface area contributed by atoms with Crippen molar-refractivity contribution in [2.75, 3.05) is 13.6 Å². The van der Waals surface area contributed by atoms with Gasteiger partial charge in [-0.1, -0.05) is 56.5 Å². The summed E-state index contributed by atoms with van der Waals surface area (Å²) in [5, 5.41) is 3.24. The van der Waals surface area contributed by atoms with Crippen molar-refractivity contribution in [2.45, 2.75) is 77.9 Å². The molecule has 26 heavy (non-hydrogen) atoms. The Balaban J connectivity index is 2.06. The standard InChI is InChI=1S/C22H36BNO2/c1-7-8-9-10-11-18-12-14-19(15-13-18)16-20(17-24-6)23-25-21(2,3)22(4,5)26-23/h12-16,24H,7-11,17H2,1-6H3. The highest BCUT2D eigenvalue weighted by atomic mass is 16.7. The topological polar surface area (TPSA) is 30.5 Å². The molecule has 1 saturated heterocycles. The molecule has 1 aliphatic heterocycles. The molecule has 3 nitrogen and oxygen atoms in total. The van der Waals surface area contributed by atoms with Crippen LogP contribution >= 0.6 is 0 Å². The van der Waals surface area contributed by atoms with E-state index in [4.69, 9.17) is 9.31 Å². The van der Waals surface area contributed by atoms with E-state index in [1.807, 2.05) is 7.05 Å². The molecule has 0 radical (unpaired) electrons. The fourth-order valence-electron chi connectivity index (χ4n) is 3.15. The van der Waals surface area contributed by atoms with E-state index in [1.165, 1.54) is 43.2 Å². The SMILES string of the molecule is CCCCCCc1ccc(C=C(CNC)B2OC(C)(C)C(C)(C)O2)cc1. The number of nitrogens with one attached hydrogen (secondary N) is 1. The van der Waals surface area contributed by atoms with Crippen molar-refractivity contribution in [3.05, 3.63) is 40.9 Å². The molecule has 144 valence electrons. The number of rotatable bonds is 9. The van der Waals surface area contributed by atoms with Crippen molar-refractivity contribution in [3.8, 4) is 0 Å². The van der Waals surface area contributed by atoms with Crippen LogP contribution in [-0.2, 0) is 15.7 Å². The maximum Gasteiger partial charge on any atom is 0.491 e. The summed E-state index contributed by atoms with van der Waals surface area (Å²) in [5.74, 6) is 0. The molecule has 0 aromatic heterocycles. The Bertz CT molecular complexity index is 577. The quantitative estimate of drug-likeness (QED) is 0.496. The molecular weight excluding hydrogens is 321 g/mol. The molecule has 0 unspecified atom stereocenters. The van der Waals surface area contributed by atoms with Crippen LogP contribution in [-0.4, -0.2) is 31.9 Å². The average molecular weight is 357 g/mol. The zero-order valence-electron chi connectivity index (χ0n) is 17.5. The largest absolute Gasteiger partial charge is 0.491 e. The monoisotopic (exact) mass is 357 g/mol. The van der Waals surface area contributed by atoms with Gasteiger partial charge in [-0.2, -0.15) is 0 Å². The molecule has 1 fully saturated rings. The lowest BCUT2D eigenvalue weighted by Crippen LogP contribution is -2.41. The molecule has 0 spiro atoms. The molecule has 1 N–H and O–H groups in total. The van der Waals surface area contributed by atoms with Gasteiger partial charge in [0, 0.05) is 6.54 Å². The normalized spacial score (nSPS) is 19.2. The van der Waals surface area contributed by atoms with Crippen molar-refractivity contribution < 1.29 is 9.31 Å². The van der Waals surface area contributed by atoms with Crippen LogP contribution in [0.3, 0.4) is 0 Å². The van der Waals surface area contributed by atoms with Crippen LogP contribution in [0.25, 0.3) is 6.08 Å². The van der Waals surface area contributed by atoms with E-state index in [2.05, 4.69) is 70.3 Å². The third-order valence-corrected chi connectivity index (χ3v) is 5.59. The van der Waals surface area contributed by atoms with Crippen LogP contribution in [0.15, 0.2) is 29.7 Å². The molecule has 1 aromatic rings. The summed E-state index contributed by atoms with van der Waals surface area (Å²) < 4.78 is 12.4. The maximum absolute atomic E-state index is 6.22. The number of aryl methyl sites for hydroxylation is 1. The lowest BCUT2D eigenvalue weighted by atomic mass is 9.77. The van der Waals surface area contributed by atoms with Gasteiger partial charge in [0.2, 0.25) is 0 Å². The Morgan fingerprint density at radius 3 is 2.15 bits per heavy atom. The first-order chi connectivity index (χ1) is 12.3. The molecule has 1 aromatic carbocycles. The van der Waals surface area contributed by atoms with Gasteiger partial charge in [-0.05, 0) is 64.2 Å². The van der Waals surface area contributed by atoms with Crippen LogP contribution in [0.5, 0.6) is 0 Å². The summed E-state index contributed by atoms with van der Waals surface area (Å²) >= 11 is 0. The Morgan fingerprint density at radius 2 is 1.62 bits per heavy atom. The Labute approximate surface area is 160 Å². The van der Waals surface area contributed by atoms with Gasteiger partial charge in [0.15, 0.2) is 0 Å². The van der Waals surface area contributed by atoms with E-state index in [9.17, 15) is 0 Å². The number of unbranched alkanes of at least 4 members (excludes halogenated alkanes) is 3. The lowest BCUT2D eigenvalue weighted by Gasteiger charge is -2.32. The van der Waals surface area contributed by atoms with E-state index in [1.54, 1.807) is 0 Å². The Hall–Kier alpha value is -1.10. The minimum absolute atomic E-state index is 0.304. The van der Waals surface area contributed by atoms with Crippen LogP contribution in [0.4, 0.5) is 0 Å². The summed E-state index contributed by atoms with van der Waals surface area (Å²) in [4.78, 5) is 0. The van der Waals surface area contributed by atoms with E-state index in [0.717, 1.165) is 12.0 Å². The second kappa shape index (κ2) is 9.21. The molecule has 1 heterocycles. The molecule has 0 saturated carbocycles. The predicted molar refractivity (Wildman–Crippen MR) is 112 cm³/mol. The first kappa shape index (κ1) is 21.2. The van der Waals surface area contributed by atoms with Crippen molar-refractivity contribution in [3.63, 3.8) is 0 Å². The molecular formula is C22H36BNO2. The van der Waals surface area contributed by atoms with Crippen molar-refractivity contribution >= 4 is 13.2 Å². The molecule has 4 heteroatoms. The van der Waals surface area contributed by atoms with E-state index in [0.29, 0.717) is 0 Å². The van der Waals surface area contributed by atoms with Crippen LogP contribution < -0.4 is 5.32 Å². The van der Waals surface area contributed by atoms with Gasteiger partial charge >= 0.3 is 7.12 Å². The fraction of sp³-hybridized carbons (Fsp3) is 0.636. The summed E-state index contributed by atoms with van der Waals surface area (Å²) in [6.45, 7) is 11.4. The van der Waals surface area contributed by atoms with E-state index < -0.39 is 0 Å². The number of likely N-dealkylation sites (N-methyl/N-ethyl adjacent to an activating group) is 1. The van der Waals surface area contributed by atoms with Gasteiger partial charge < -0.3 is 14.6 Å². The number of hydrogen-bond acceptors (Lipinski definition) is 3. The zero-order chi connectivity index (χ0) is 19.2. The van der Waals surface area contributed by atoms with Gasteiger partial charge in [-0.15, -0.1) is 0 Å². The van der Waals surface area contributed by atoms with Crippen molar-refractivity contribution in [1.29, 1.82) is 0 Å². The van der Waals surface area contributed by atoms with Crippen LogP contribution in [0.2, 0.25) is 0 Å². The second-order valence-electron chi connectivity index (χ2n) is 8.39. The summed E-state index contributed by atoms with van der Waals surface area (Å²) in [6.07, 6.45) is 8.59. The van der Waals surface area contributed by atoms with Crippen LogP contribution in [0, 0.1) is 0 Å². The minimum Gasteiger partial charge on any atom is -0.400 e. The number of benzene rings is 1. The van der Waals surface area contributed by atoms with Gasteiger partial charge in [-0.3, -0.25) is 0 Å². The second-order valence-corrected chi connectivity index (χ2v) is 8.39. The number of hydrogen-bond donors (Lipinski definition) is 1. The summed E-state index contributed by atoms with van der Waals surface area (Å²) in [5.41, 5.74) is 3.12. The van der Waals surface area contributed by atoms with Gasteiger partial charge in [0.1, 0.15) is 0 Å². The predicted octanol–water partition coefficient (Wildman–Crippen LogP) is 5.04. The van der Waals surface area contributed by atoms with Gasteiger partial charge in [0.05, 0.1) is 11.2 Å². The molecule has 2 rings (SSSR count). The third kappa shape index (κ3) is 5.45. The molecule has 0 amide bonds. The zero-order valence-corrected chi connectivity index (χ0v) is 17.5. The minimum atomic E-state index is -0.313. The lowest BCUT2D eigenvalue weighted by molar-refractivity contribution is 0.00578. The van der Waals surface area contributed by atoms with Crippen LogP contribution in [0.1, 0.15) is 71.4 Å². The first-order valence-electron chi connectivity index (χ1n) is 10.1. The van der Waals surface area contributed by atoms with Crippen molar-refractivity contribution in [2.24, 2.45) is 0 Å². The highest BCUT2D eigenvalue weighted by Crippen LogP contribution is 2.38. The maximum atomic E-state index is 6.22. The highest BCUT2D eigenvalue weighted by Gasteiger charge is 2.52. The fourth-order valence-corrected chi connectivity index (χ4v) is 3.15. The highest BCUT2D eigenvalue weighted by molar-refractivity contribution is 6.55. The van der Waals surface area contributed by atoms with Crippen molar-refractivity contribution in [1.82, 2.24) is 5.32 Å². The summed E-state index contributed by atoms with van der Waals surface area (Å²) in [7, 11) is 1.65. The van der Waals surface area contributed by atoms with E-state index in [-0.39, 0.29) is 18.3 Å². The van der Waals surface area contributed by atoms with Gasteiger partial charge in [0.25, 0.3) is 0 Å². The Morgan fingerprint density at radius 1 is 1.00 bits per heavy atom. The molecule has 1 aliphatic rings. The molecule has 0 aliphatic carbocycles. The Kier molecular flexibility index (Phi) is 7.51. The summed E-state index contributed by atoms with van der Waals surface area (Å²) in [6, 6.07) is 8.91. The first-order valence-corrected chi connectivity index (χ1v) is 10.1. The molecule has 0 atom stereocenters. The average Bonchev–Trinajstić information content (AvgIpc) is 2.80. The van der Waals surface area contributed by atoms with E-state index >= 15 is 0 Å². The van der Waals surface area contributed by atoms with Gasteiger partial charge in [-0.25, -0.2) is 0 Å². The third-order valence-electron chi connectivity index (χ3n) is 5.59. The smallest absolute Gasteiger partial charge is 0.400 e. The molecule has 0 bridgehead atoms.